The molecule has 7 heteroatoms. The number of esters is 2. The van der Waals surface area contributed by atoms with Crippen LogP contribution in [0.25, 0.3) is 17.2 Å². The van der Waals surface area contributed by atoms with Gasteiger partial charge in [-0.25, -0.2) is 4.79 Å². The number of methoxy groups -OCH3 is 2. The summed E-state index contributed by atoms with van der Waals surface area (Å²) in [6.45, 7) is 6.26. The van der Waals surface area contributed by atoms with Crippen LogP contribution in [0.1, 0.15) is 64.0 Å². The third-order valence-corrected chi connectivity index (χ3v) is 8.19. The highest BCUT2D eigenvalue weighted by Crippen LogP contribution is 2.42. The number of allylic oxidation sites excluding steroid dienone is 1. The van der Waals surface area contributed by atoms with Gasteiger partial charge in [0.2, 0.25) is 5.91 Å². The fourth-order valence-electron chi connectivity index (χ4n) is 5.73. The van der Waals surface area contributed by atoms with Crippen molar-refractivity contribution < 1.29 is 28.6 Å². The molecule has 0 spiro atoms. The third-order valence-electron chi connectivity index (χ3n) is 8.19. The van der Waals surface area contributed by atoms with Gasteiger partial charge in [0, 0.05) is 13.5 Å². The lowest BCUT2D eigenvalue weighted by molar-refractivity contribution is -0.157. The fourth-order valence-corrected chi connectivity index (χ4v) is 5.73. The van der Waals surface area contributed by atoms with Crippen molar-refractivity contribution in [1.29, 1.82) is 0 Å². The Kier molecular flexibility index (Phi) is 9.14. The van der Waals surface area contributed by atoms with Gasteiger partial charge in [0.25, 0.3) is 0 Å². The van der Waals surface area contributed by atoms with Gasteiger partial charge in [0.05, 0.1) is 32.6 Å². The molecule has 0 aromatic heterocycles. The zero-order valence-corrected chi connectivity index (χ0v) is 24.3. The minimum atomic E-state index is -0.907. The van der Waals surface area contributed by atoms with Crippen molar-refractivity contribution in [2.75, 3.05) is 27.4 Å². The normalized spacial score (nSPS) is 25.2. The SMILES string of the molecule is COC(=O)[C@@H]1C[C@]2(OC)CN1C(=O)[C@H](C(C)(C)C)CC(=O)OCCCC/C=C/c1ccccc1-c1ccc2cc1. The molecule has 1 fully saturated rings. The van der Waals surface area contributed by atoms with Crippen LogP contribution in [-0.2, 0) is 34.2 Å². The monoisotopic (exact) mass is 547 g/mol. The lowest BCUT2D eigenvalue weighted by Gasteiger charge is -2.35. The van der Waals surface area contributed by atoms with Gasteiger partial charge in [-0.1, -0.05) is 81.5 Å². The van der Waals surface area contributed by atoms with E-state index < -0.39 is 34.9 Å². The number of carbonyl (C=O) groups excluding carboxylic acids is 3. The highest BCUT2D eigenvalue weighted by Gasteiger charge is 2.53. The molecule has 5 rings (SSSR count). The summed E-state index contributed by atoms with van der Waals surface area (Å²) in [6.07, 6.45) is 6.98. The fraction of sp³-hybridized carbons (Fsp3) is 0.485. The first kappa shape index (κ1) is 29.5. The molecule has 7 nitrogen and oxygen atoms in total. The molecular weight excluding hydrogens is 506 g/mol. The third kappa shape index (κ3) is 6.30. The Morgan fingerprint density at radius 2 is 1.75 bits per heavy atom. The van der Waals surface area contributed by atoms with Crippen molar-refractivity contribution in [3.8, 4) is 11.1 Å². The summed E-state index contributed by atoms with van der Waals surface area (Å²) >= 11 is 0. The number of nitrogens with zero attached hydrogens (tertiary/aromatic N) is 1. The van der Waals surface area contributed by atoms with E-state index in [1.165, 1.54) is 7.11 Å². The molecule has 3 aliphatic heterocycles. The van der Waals surface area contributed by atoms with Gasteiger partial charge in [-0.05, 0) is 46.9 Å². The van der Waals surface area contributed by atoms with Gasteiger partial charge < -0.3 is 19.1 Å². The number of hydrogen-bond acceptors (Lipinski definition) is 6. The van der Waals surface area contributed by atoms with Gasteiger partial charge in [-0.15, -0.1) is 0 Å². The molecule has 2 aromatic rings. The molecule has 4 bridgehead atoms. The molecule has 1 amide bonds. The Morgan fingerprint density at radius 1 is 1.02 bits per heavy atom. The number of hydrogen-bond donors (Lipinski definition) is 0. The second-order valence-corrected chi connectivity index (χ2v) is 11.8. The molecule has 40 heavy (non-hydrogen) atoms. The van der Waals surface area contributed by atoms with Crippen LogP contribution in [0.15, 0.2) is 54.6 Å². The molecule has 2 aromatic carbocycles. The molecule has 0 saturated carbocycles. The smallest absolute Gasteiger partial charge is 0.328 e. The Hall–Kier alpha value is -3.45. The van der Waals surface area contributed by atoms with Crippen LogP contribution < -0.4 is 0 Å². The Balaban J connectivity index is 1.78. The average molecular weight is 548 g/mol. The zero-order chi connectivity index (χ0) is 28.9. The van der Waals surface area contributed by atoms with Crippen LogP contribution in [0.5, 0.6) is 0 Å². The number of carbonyl (C=O) groups is 3. The minimum absolute atomic E-state index is 0.0574. The summed E-state index contributed by atoms with van der Waals surface area (Å²) in [5, 5.41) is 0. The topological polar surface area (TPSA) is 82.1 Å². The van der Waals surface area contributed by atoms with Gasteiger partial charge in [0.15, 0.2) is 0 Å². The van der Waals surface area contributed by atoms with Gasteiger partial charge in [0.1, 0.15) is 11.6 Å². The van der Waals surface area contributed by atoms with E-state index in [4.69, 9.17) is 14.2 Å². The Morgan fingerprint density at radius 3 is 2.42 bits per heavy atom. The molecule has 0 radical (unpaired) electrons. The second-order valence-electron chi connectivity index (χ2n) is 11.8. The van der Waals surface area contributed by atoms with E-state index in [0.29, 0.717) is 6.61 Å². The van der Waals surface area contributed by atoms with Crippen LogP contribution in [0.4, 0.5) is 0 Å². The van der Waals surface area contributed by atoms with E-state index in [0.717, 1.165) is 41.5 Å². The van der Waals surface area contributed by atoms with E-state index in [2.05, 4.69) is 36.4 Å². The van der Waals surface area contributed by atoms with E-state index in [1.807, 2.05) is 45.0 Å². The summed E-state index contributed by atoms with van der Waals surface area (Å²) in [5.41, 5.74) is 2.73. The quantitative estimate of drug-likeness (QED) is 0.445. The lowest BCUT2D eigenvalue weighted by Crippen LogP contribution is -2.48. The van der Waals surface area contributed by atoms with Crippen LogP contribution in [-0.4, -0.2) is 56.2 Å². The predicted octanol–water partition coefficient (Wildman–Crippen LogP) is 5.76. The molecule has 3 heterocycles. The van der Waals surface area contributed by atoms with E-state index in [1.54, 1.807) is 12.0 Å². The minimum Gasteiger partial charge on any atom is -0.467 e. The molecule has 0 unspecified atom stereocenters. The molecule has 3 atom stereocenters. The first-order chi connectivity index (χ1) is 19.1. The van der Waals surface area contributed by atoms with Crippen molar-refractivity contribution in [1.82, 2.24) is 4.90 Å². The number of amides is 1. The molecule has 1 saturated heterocycles. The van der Waals surface area contributed by atoms with Crippen molar-refractivity contribution in [2.45, 2.75) is 64.5 Å². The van der Waals surface area contributed by atoms with Crippen LogP contribution in [0.3, 0.4) is 0 Å². The highest BCUT2D eigenvalue weighted by molar-refractivity contribution is 5.89. The van der Waals surface area contributed by atoms with Gasteiger partial charge in [-0.2, -0.15) is 0 Å². The van der Waals surface area contributed by atoms with Crippen LogP contribution in [0.2, 0.25) is 0 Å². The van der Waals surface area contributed by atoms with Gasteiger partial charge in [-0.3, -0.25) is 9.59 Å². The van der Waals surface area contributed by atoms with Crippen molar-refractivity contribution in [3.63, 3.8) is 0 Å². The number of fused-ring (bicyclic) bond motifs is 11. The van der Waals surface area contributed by atoms with Crippen molar-refractivity contribution in [3.05, 3.63) is 65.7 Å². The highest BCUT2D eigenvalue weighted by atomic mass is 16.5. The Labute approximate surface area is 237 Å². The summed E-state index contributed by atoms with van der Waals surface area (Å²) < 4.78 is 16.8. The zero-order valence-electron chi connectivity index (χ0n) is 24.3. The number of ether oxygens (including phenoxy) is 3. The predicted molar refractivity (Wildman–Crippen MR) is 154 cm³/mol. The van der Waals surface area contributed by atoms with E-state index >= 15 is 0 Å². The van der Waals surface area contributed by atoms with Crippen LogP contribution in [0, 0.1) is 11.3 Å². The van der Waals surface area contributed by atoms with Gasteiger partial charge >= 0.3 is 11.9 Å². The van der Waals surface area contributed by atoms with Crippen molar-refractivity contribution in [2.24, 2.45) is 11.3 Å². The molecule has 3 aliphatic rings. The summed E-state index contributed by atoms with van der Waals surface area (Å²) in [4.78, 5) is 41.5. The largest absolute Gasteiger partial charge is 0.467 e. The Bertz CT molecular complexity index is 1240. The van der Waals surface area contributed by atoms with Crippen molar-refractivity contribution >= 4 is 23.9 Å². The summed E-state index contributed by atoms with van der Waals surface area (Å²) in [6, 6.07) is 15.6. The average Bonchev–Trinajstić information content (AvgIpc) is 3.35. The maximum absolute atomic E-state index is 14.1. The number of rotatable bonds is 2. The second kappa shape index (κ2) is 12.4. The summed E-state index contributed by atoms with van der Waals surface area (Å²) in [7, 11) is 2.93. The maximum Gasteiger partial charge on any atom is 0.328 e. The molecular formula is C33H41NO6. The first-order valence-electron chi connectivity index (χ1n) is 14.1. The van der Waals surface area contributed by atoms with E-state index in [9.17, 15) is 14.4 Å². The maximum atomic E-state index is 14.1. The molecule has 214 valence electrons. The lowest BCUT2D eigenvalue weighted by atomic mass is 9.77. The standard InChI is InChI=1S/C33H41NO6/c1-32(2,3)27-20-29(35)40-19-11-7-6-8-12-23-13-9-10-14-26(23)24-15-17-25(18-16-24)33(39-5)21-28(31(37)38-4)34(22-33)30(27)36/h8-10,12-18,27-28H,6-7,11,19-22H2,1-5H3/b12-8+/t27-,28+,33+/m1/s1. The van der Waals surface area contributed by atoms with E-state index in [-0.39, 0.29) is 25.3 Å². The number of benzene rings is 2. The molecule has 0 N–H and O–H groups in total. The van der Waals surface area contributed by atoms with Crippen LogP contribution >= 0.6 is 0 Å². The summed E-state index contributed by atoms with van der Waals surface area (Å²) in [5.74, 6) is -1.86. The molecule has 0 aliphatic carbocycles. The first-order valence-corrected chi connectivity index (χ1v) is 14.1.